The Labute approximate surface area is 114 Å². The molecule has 0 saturated carbocycles. The lowest BCUT2D eigenvalue weighted by atomic mass is 9.87. The van der Waals surface area contributed by atoms with E-state index in [-0.39, 0.29) is 0 Å². The minimum atomic E-state index is -0.647. The van der Waals surface area contributed by atoms with Crippen molar-refractivity contribution in [2.75, 3.05) is 0 Å². The smallest absolute Gasteiger partial charge is 0.0666 e. The zero-order valence-corrected chi connectivity index (χ0v) is 11.7. The van der Waals surface area contributed by atoms with Gasteiger partial charge in [-0.2, -0.15) is 0 Å². The molecule has 2 N–H and O–H groups in total. The molecule has 1 aromatic heterocycles. The molecule has 1 heterocycles. The summed E-state index contributed by atoms with van der Waals surface area (Å²) < 4.78 is 0.938. The third-order valence-corrected chi connectivity index (χ3v) is 3.56. The Kier molecular flexibility index (Phi) is 3.52. The van der Waals surface area contributed by atoms with E-state index in [4.69, 9.17) is 17.3 Å². The SMILES string of the molecule is CC(N)(c1cccnc1)c1ccc(Br)cc1Cl. The van der Waals surface area contributed by atoms with Crippen LogP contribution >= 0.6 is 27.5 Å². The second-order valence-electron chi connectivity index (χ2n) is 4.07. The summed E-state index contributed by atoms with van der Waals surface area (Å²) >= 11 is 9.62. The molecule has 2 nitrogen and oxygen atoms in total. The highest BCUT2D eigenvalue weighted by atomic mass is 79.9. The lowest BCUT2D eigenvalue weighted by molar-refractivity contribution is 0.600. The van der Waals surface area contributed by atoms with Gasteiger partial charge < -0.3 is 5.73 Å². The number of hydrogen-bond donors (Lipinski definition) is 1. The fraction of sp³-hybridized carbons (Fsp3) is 0.154. The lowest BCUT2D eigenvalue weighted by Gasteiger charge is -2.26. The predicted molar refractivity (Wildman–Crippen MR) is 74.0 cm³/mol. The molecule has 88 valence electrons. The Morgan fingerprint density at radius 3 is 2.71 bits per heavy atom. The van der Waals surface area contributed by atoms with E-state index in [1.165, 1.54) is 0 Å². The number of rotatable bonds is 2. The molecule has 0 aliphatic heterocycles. The number of hydrogen-bond acceptors (Lipinski definition) is 2. The molecule has 0 amide bonds. The molecule has 0 aliphatic rings. The minimum Gasteiger partial charge on any atom is -0.318 e. The molecular weight excluding hydrogens is 300 g/mol. The summed E-state index contributed by atoms with van der Waals surface area (Å²) in [5, 5.41) is 0.647. The number of nitrogens with zero attached hydrogens (tertiary/aromatic N) is 1. The van der Waals surface area contributed by atoms with Crippen LogP contribution in [0.15, 0.2) is 47.2 Å². The van der Waals surface area contributed by atoms with Crippen molar-refractivity contribution < 1.29 is 0 Å². The molecule has 2 rings (SSSR count). The van der Waals surface area contributed by atoms with Crippen LogP contribution in [0.3, 0.4) is 0 Å². The highest BCUT2D eigenvalue weighted by Gasteiger charge is 2.26. The van der Waals surface area contributed by atoms with E-state index in [2.05, 4.69) is 20.9 Å². The van der Waals surface area contributed by atoms with Crippen LogP contribution in [0.25, 0.3) is 0 Å². The molecule has 0 radical (unpaired) electrons. The van der Waals surface area contributed by atoms with Crippen LogP contribution in [0.1, 0.15) is 18.1 Å². The van der Waals surface area contributed by atoms with Gasteiger partial charge in [-0.25, -0.2) is 0 Å². The summed E-state index contributed by atoms with van der Waals surface area (Å²) in [5.74, 6) is 0. The van der Waals surface area contributed by atoms with Gasteiger partial charge in [0.25, 0.3) is 0 Å². The largest absolute Gasteiger partial charge is 0.318 e. The number of aromatic nitrogens is 1. The van der Waals surface area contributed by atoms with Crippen molar-refractivity contribution in [2.24, 2.45) is 5.73 Å². The van der Waals surface area contributed by atoms with E-state index in [0.29, 0.717) is 5.02 Å². The first kappa shape index (κ1) is 12.6. The van der Waals surface area contributed by atoms with E-state index in [9.17, 15) is 0 Å². The zero-order chi connectivity index (χ0) is 12.5. The molecule has 0 saturated heterocycles. The van der Waals surface area contributed by atoms with Crippen LogP contribution in [-0.4, -0.2) is 4.98 Å². The molecule has 17 heavy (non-hydrogen) atoms. The quantitative estimate of drug-likeness (QED) is 0.918. The third kappa shape index (κ3) is 2.51. The number of benzene rings is 1. The van der Waals surface area contributed by atoms with Gasteiger partial charge in [0.15, 0.2) is 0 Å². The van der Waals surface area contributed by atoms with Gasteiger partial charge in [0, 0.05) is 21.9 Å². The fourth-order valence-electron chi connectivity index (χ4n) is 1.74. The van der Waals surface area contributed by atoms with Crippen molar-refractivity contribution in [3.63, 3.8) is 0 Å². The van der Waals surface area contributed by atoms with Gasteiger partial charge in [0.1, 0.15) is 0 Å². The topological polar surface area (TPSA) is 38.9 Å². The molecule has 1 unspecified atom stereocenters. The van der Waals surface area contributed by atoms with Gasteiger partial charge in [0.05, 0.1) is 5.54 Å². The van der Waals surface area contributed by atoms with Crippen LogP contribution in [-0.2, 0) is 5.54 Å². The molecule has 4 heteroatoms. The second kappa shape index (κ2) is 4.77. The summed E-state index contributed by atoms with van der Waals surface area (Å²) in [6.07, 6.45) is 3.49. The van der Waals surface area contributed by atoms with Crippen molar-refractivity contribution >= 4 is 27.5 Å². The molecule has 0 bridgehead atoms. The fourth-order valence-corrected chi connectivity index (χ4v) is 2.61. The summed E-state index contributed by atoms with van der Waals surface area (Å²) in [6.45, 7) is 1.93. The van der Waals surface area contributed by atoms with Crippen molar-refractivity contribution in [3.8, 4) is 0 Å². The van der Waals surface area contributed by atoms with E-state index >= 15 is 0 Å². The van der Waals surface area contributed by atoms with E-state index in [1.54, 1.807) is 12.4 Å². The summed E-state index contributed by atoms with van der Waals surface area (Å²) in [7, 11) is 0. The molecule has 1 aromatic carbocycles. The average Bonchev–Trinajstić information content (AvgIpc) is 2.29. The van der Waals surface area contributed by atoms with E-state index < -0.39 is 5.54 Å². The maximum Gasteiger partial charge on any atom is 0.0666 e. The van der Waals surface area contributed by atoms with E-state index in [0.717, 1.165) is 15.6 Å². The second-order valence-corrected chi connectivity index (χ2v) is 5.39. The molecule has 0 fully saturated rings. The third-order valence-electron chi connectivity index (χ3n) is 2.75. The van der Waals surface area contributed by atoms with Crippen LogP contribution in [0, 0.1) is 0 Å². The highest BCUT2D eigenvalue weighted by molar-refractivity contribution is 9.10. The first-order valence-electron chi connectivity index (χ1n) is 5.17. The average molecular weight is 312 g/mol. The maximum absolute atomic E-state index is 6.37. The Morgan fingerprint density at radius 2 is 2.12 bits per heavy atom. The standard InChI is InChI=1S/C13H12BrClN2/c1-13(16,9-3-2-6-17-8-9)11-5-4-10(14)7-12(11)15/h2-8H,16H2,1H3. The van der Waals surface area contributed by atoms with E-state index in [1.807, 2.05) is 37.3 Å². The first-order valence-corrected chi connectivity index (χ1v) is 6.34. The normalized spacial score (nSPS) is 14.4. The number of nitrogens with two attached hydrogens (primary N) is 1. The summed E-state index contributed by atoms with van der Waals surface area (Å²) in [5.41, 5.74) is 7.54. The number of pyridine rings is 1. The zero-order valence-electron chi connectivity index (χ0n) is 9.32. The van der Waals surface area contributed by atoms with Crippen LogP contribution in [0.5, 0.6) is 0 Å². The van der Waals surface area contributed by atoms with Crippen LogP contribution < -0.4 is 5.73 Å². The first-order chi connectivity index (χ1) is 8.01. The highest BCUT2D eigenvalue weighted by Crippen LogP contribution is 2.33. The predicted octanol–water partition coefficient (Wildman–Crippen LogP) is 3.72. The lowest BCUT2D eigenvalue weighted by Crippen LogP contribution is -2.34. The Morgan fingerprint density at radius 1 is 1.35 bits per heavy atom. The molecule has 0 aliphatic carbocycles. The number of halogens is 2. The van der Waals surface area contributed by atoms with Gasteiger partial charge in [-0.1, -0.05) is 39.7 Å². The molecular formula is C13H12BrClN2. The van der Waals surface area contributed by atoms with Crippen molar-refractivity contribution in [2.45, 2.75) is 12.5 Å². The van der Waals surface area contributed by atoms with Crippen LogP contribution in [0.4, 0.5) is 0 Å². The Balaban J connectivity index is 2.52. The van der Waals surface area contributed by atoms with Gasteiger partial charge in [-0.05, 0) is 36.2 Å². The monoisotopic (exact) mass is 310 g/mol. The Bertz CT molecular complexity index is 526. The van der Waals surface area contributed by atoms with Crippen molar-refractivity contribution in [1.82, 2.24) is 4.98 Å². The summed E-state index contributed by atoms with van der Waals surface area (Å²) in [4.78, 5) is 4.09. The van der Waals surface area contributed by atoms with Crippen LogP contribution in [0.2, 0.25) is 5.02 Å². The van der Waals surface area contributed by atoms with Crippen molar-refractivity contribution in [3.05, 3.63) is 63.3 Å². The van der Waals surface area contributed by atoms with Crippen molar-refractivity contribution in [1.29, 1.82) is 0 Å². The molecule has 1 atom stereocenters. The van der Waals surface area contributed by atoms with Gasteiger partial charge in [-0.3, -0.25) is 4.98 Å². The molecule has 0 spiro atoms. The maximum atomic E-state index is 6.37. The van der Waals surface area contributed by atoms with Gasteiger partial charge in [-0.15, -0.1) is 0 Å². The van der Waals surface area contributed by atoms with Gasteiger partial charge in [0.2, 0.25) is 0 Å². The minimum absolute atomic E-state index is 0.647. The summed E-state index contributed by atoms with van der Waals surface area (Å²) in [6, 6.07) is 9.53. The molecule has 2 aromatic rings. The Hall–Kier alpha value is -0.900. The van der Waals surface area contributed by atoms with Gasteiger partial charge >= 0.3 is 0 Å².